The van der Waals surface area contributed by atoms with Gasteiger partial charge in [-0.15, -0.1) is 0 Å². The Morgan fingerprint density at radius 1 is 1.19 bits per heavy atom. The number of aryl methyl sites for hydroxylation is 1. The summed E-state index contributed by atoms with van der Waals surface area (Å²) in [5.41, 5.74) is 1.06. The van der Waals surface area contributed by atoms with E-state index in [9.17, 15) is 19.3 Å². The summed E-state index contributed by atoms with van der Waals surface area (Å²) in [5.74, 6) is -0.468. The van der Waals surface area contributed by atoms with E-state index in [0.29, 0.717) is 43.5 Å². The van der Waals surface area contributed by atoms with E-state index in [1.807, 2.05) is 4.90 Å². The summed E-state index contributed by atoms with van der Waals surface area (Å²) in [6.45, 7) is 3.87. The number of nitrogens with one attached hydrogen (secondary N) is 1. The first-order chi connectivity index (χ1) is 14.9. The van der Waals surface area contributed by atoms with Gasteiger partial charge in [-0.2, -0.15) is 0 Å². The SMILES string of the molecule is Cc1nccn1-c1ccc(NC(=O)c2cc([N+](=O)[O-])ccc2N2CCOCC2)cc1F. The minimum Gasteiger partial charge on any atom is -0.378 e. The molecular formula is C21H20FN5O4. The van der Waals surface area contributed by atoms with Crippen molar-refractivity contribution in [3.63, 3.8) is 0 Å². The Hall–Kier alpha value is -3.79. The predicted molar refractivity (Wildman–Crippen MR) is 112 cm³/mol. The zero-order valence-corrected chi connectivity index (χ0v) is 16.7. The van der Waals surface area contributed by atoms with Crippen LogP contribution >= 0.6 is 0 Å². The maximum Gasteiger partial charge on any atom is 0.270 e. The molecule has 0 radical (unpaired) electrons. The number of hydrogen-bond donors (Lipinski definition) is 1. The van der Waals surface area contributed by atoms with Crippen LogP contribution in [0.1, 0.15) is 16.2 Å². The fourth-order valence-electron chi connectivity index (χ4n) is 3.51. The van der Waals surface area contributed by atoms with Crippen LogP contribution in [-0.2, 0) is 4.74 Å². The normalized spacial score (nSPS) is 13.8. The molecule has 2 heterocycles. The van der Waals surface area contributed by atoms with E-state index >= 15 is 0 Å². The fourth-order valence-corrected chi connectivity index (χ4v) is 3.51. The Bertz CT molecular complexity index is 1140. The molecular weight excluding hydrogens is 405 g/mol. The van der Waals surface area contributed by atoms with Gasteiger partial charge < -0.3 is 19.5 Å². The molecule has 1 aromatic heterocycles. The number of nitro groups is 1. The third-order valence-electron chi connectivity index (χ3n) is 5.08. The molecule has 1 aliphatic rings. The number of morpholine rings is 1. The molecule has 0 unspecified atom stereocenters. The van der Waals surface area contributed by atoms with Crippen molar-refractivity contribution < 1.29 is 18.8 Å². The van der Waals surface area contributed by atoms with Crippen LogP contribution in [0.25, 0.3) is 5.69 Å². The van der Waals surface area contributed by atoms with Crippen LogP contribution in [0.15, 0.2) is 48.8 Å². The van der Waals surface area contributed by atoms with Crippen LogP contribution in [0, 0.1) is 22.9 Å². The van der Waals surface area contributed by atoms with Gasteiger partial charge in [0.1, 0.15) is 11.6 Å². The van der Waals surface area contributed by atoms with Gasteiger partial charge >= 0.3 is 0 Å². The van der Waals surface area contributed by atoms with Crippen LogP contribution in [0.5, 0.6) is 0 Å². The number of nitro benzene ring substituents is 1. The molecule has 160 valence electrons. The van der Waals surface area contributed by atoms with Crippen LogP contribution in [0.4, 0.5) is 21.5 Å². The maximum atomic E-state index is 14.7. The van der Waals surface area contributed by atoms with Gasteiger partial charge in [-0.25, -0.2) is 9.37 Å². The first-order valence-electron chi connectivity index (χ1n) is 9.66. The predicted octanol–water partition coefficient (Wildman–Crippen LogP) is 3.32. The van der Waals surface area contributed by atoms with Crippen molar-refractivity contribution >= 4 is 23.0 Å². The number of amides is 1. The molecule has 3 aromatic rings. The Morgan fingerprint density at radius 3 is 2.58 bits per heavy atom. The molecule has 0 atom stereocenters. The van der Waals surface area contributed by atoms with Gasteiger partial charge in [0.05, 0.1) is 35.1 Å². The number of anilines is 2. The molecule has 1 N–H and O–H groups in total. The number of carbonyl (C=O) groups excluding carboxylic acids is 1. The van der Waals surface area contributed by atoms with Crippen molar-refractivity contribution in [2.24, 2.45) is 0 Å². The van der Waals surface area contributed by atoms with E-state index in [1.165, 1.54) is 24.3 Å². The van der Waals surface area contributed by atoms with Crippen LogP contribution in [0.2, 0.25) is 0 Å². The van der Waals surface area contributed by atoms with Crippen molar-refractivity contribution in [2.75, 3.05) is 36.5 Å². The molecule has 4 rings (SSSR count). The molecule has 1 aliphatic heterocycles. The van der Waals surface area contributed by atoms with Gasteiger partial charge in [-0.05, 0) is 31.2 Å². The summed E-state index contributed by atoms with van der Waals surface area (Å²) in [5, 5.41) is 13.9. The lowest BCUT2D eigenvalue weighted by Crippen LogP contribution is -2.37. The van der Waals surface area contributed by atoms with Gasteiger partial charge in [0, 0.05) is 43.3 Å². The number of carbonyl (C=O) groups is 1. The Balaban J connectivity index is 1.63. The van der Waals surface area contributed by atoms with E-state index in [0.717, 1.165) is 0 Å². The number of nitrogens with zero attached hydrogens (tertiary/aromatic N) is 4. The van der Waals surface area contributed by atoms with Crippen LogP contribution < -0.4 is 10.2 Å². The second-order valence-corrected chi connectivity index (χ2v) is 7.02. The third kappa shape index (κ3) is 4.24. The van der Waals surface area contributed by atoms with Gasteiger partial charge in [0.15, 0.2) is 0 Å². The number of imidazole rings is 1. The number of aromatic nitrogens is 2. The molecule has 10 heteroatoms. The zero-order valence-electron chi connectivity index (χ0n) is 16.7. The van der Waals surface area contributed by atoms with Crippen molar-refractivity contribution in [3.05, 3.63) is 76.1 Å². The zero-order chi connectivity index (χ0) is 22.0. The Labute approximate surface area is 177 Å². The fraction of sp³-hybridized carbons (Fsp3) is 0.238. The molecule has 9 nitrogen and oxygen atoms in total. The van der Waals surface area contributed by atoms with Crippen LogP contribution in [0.3, 0.4) is 0 Å². The lowest BCUT2D eigenvalue weighted by molar-refractivity contribution is -0.384. The summed E-state index contributed by atoms with van der Waals surface area (Å²) < 4.78 is 21.6. The lowest BCUT2D eigenvalue weighted by atomic mass is 10.1. The Kier molecular flexibility index (Phi) is 5.63. The summed E-state index contributed by atoms with van der Waals surface area (Å²) >= 11 is 0. The van der Waals surface area contributed by atoms with Gasteiger partial charge in [0.2, 0.25) is 0 Å². The molecule has 0 saturated carbocycles. The van der Waals surface area contributed by atoms with E-state index in [4.69, 9.17) is 4.74 Å². The van der Waals surface area contributed by atoms with E-state index in [1.54, 1.807) is 36.0 Å². The van der Waals surface area contributed by atoms with Crippen molar-refractivity contribution in [3.8, 4) is 5.69 Å². The van der Waals surface area contributed by atoms with Gasteiger partial charge in [-0.1, -0.05) is 0 Å². The molecule has 1 saturated heterocycles. The van der Waals surface area contributed by atoms with E-state index in [2.05, 4.69) is 10.3 Å². The summed E-state index contributed by atoms with van der Waals surface area (Å²) in [7, 11) is 0. The molecule has 0 spiro atoms. The second kappa shape index (κ2) is 8.52. The molecule has 0 aliphatic carbocycles. The topological polar surface area (TPSA) is 103 Å². The third-order valence-corrected chi connectivity index (χ3v) is 5.08. The van der Waals surface area contributed by atoms with Crippen LogP contribution in [-0.4, -0.2) is 46.7 Å². The first kappa shape index (κ1) is 20.5. The molecule has 31 heavy (non-hydrogen) atoms. The smallest absolute Gasteiger partial charge is 0.270 e. The number of rotatable bonds is 5. The number of ether oxygens (including phenoxy) is 1. The van der Waals surface area contributed by atoms with Gasteiger partial charge in [-0.3, -0.25) is 14.9 Å². The summed E-state index contributed by atoms with van der Waals surface area (Å²) in [6.07, 6.45) is 3.21. The lowest BCUT2D eigenvalue weighted by Gasteiger charge is -2.30. The number of halogens is 1. The highest BCUT2D eigenvalue weighted by molar-refractivity contribution is 6.08. The minimum atomic E-state index is -0.559. The van der Waals surface area contributed by atoms with Crippen molar-refractivity contribution in [1.82, 2.24) is 9.55 Å². The Morgan fingerprint density at radius 2 is 1.94 bits per heavy atom. The minimum absolute atomic E-state index is 0.144. The van der Waals surface area contributed by atoms with E-state index in [-0.39, 0.29) is 16.9 Å². The second-order valence-electron chi connectivity index (χ2n) is 7.02. The van der Waals surface area contributed by atoms with Gasteiger partial charge in [0.25, 0.3) is 11.6 Å². The first-order valence-corrected chi connectivity index (χ1v) is 9.66. The molecule has 1 fully saturated rings. The largest absolute Gasteiger partial charge is 0.378 e. The molecule has 0 bridgehead atoms. The standard InChI is InChI=1S/C21H20FN5O4/c1-14-23-6-7-26(14)20-4-2-15(12-18(20)22)24-21(28)17-13-16(27(29)30)3-5-19(17)25-8-10-31-11-9-25/h2-7,12-13H,8-11H2,1H3,(H,24,28). The highest BCUT2D eigenvalue weighted by atomic mass is 19.1. The monoisotopic (exact) mass is 425 g/mol. The highest BCUT2D eigenvalue weighted by Crippen LogP contribution is 2.28. The maximum absolute atomic E-state index is 14.7. The number of hydrogen-bond acceptors (Lipinski definition) is 6. The average Bonchev–Trinajstić information content (AvgIpc) is 3.19. The van der Waals surface area contributed by atoms with Crippen molar-refractivity contribution in [2.45, 2.75) is 6.92 Å². The quantitative estimate of drug-likeness (QED) is 0.497. The summed E-state index contributed by atoms with van der Waals surface area (Å²) in [4.78, 5) is 29.7. The van der Waals surface area contributed by atoms with Crippen molar-refractivity contribution in [1.29, 1.82) is 0 Å². The number of benzene rings is 2. The molecule has 1 amide bonds. The highest BCUT2D eigenvalue weighted by Gasteiger charge is 2.22. The molecule has 2 aromatic carbocycles. The average molecular weight is 425 g/mol. The van der Waals surface area contributed by atoms with E-state index < -0.39 is 16.6 Å². The number of non-ortho nitro benzene ring substituents is 1. The summed E-state index contributed by atoms with van der Waals surface area (Å²) in [6, 6.07) is 8.48.